The van der Waals surface area contributed by atoms with Gasteiger partial charge in [-0.15, -0.1) is 0 Å². The molecule has 0 atom stereocenters. The quantitative estimate of drug-likeness (QED) is 0.535. The molecule has 0 saturated heterocycles. The van der Waals surface area contributed by atoms with Crippen LogP contribution in [0.5, 0.6) is 5.75 Å². The number of phenolic OH excluding ortho intramolecular Hbond substituents is 1. The Morgan fingerprint density at radius 1 is 0.667 bits per heavy atom. The van der Waals surface area contributed by atoms with E-state index < -0.39 is 17.7 Å². The Hall–Kier alpha value is -2.50. The van der Waals surface area contributed by atoms with Gasteiger partial charge in [0.15, 0.2) is 0 Å². The summed E-state index contributed by atoms with van der Waals surface area (Å²) in [5.74, 6) is -1.89. The first-order chi connectivity index (χ1) is 12.6. The Morgan fingerprint density at radius 3 is 1.48 bits per heavy atom. The zero-order chi connectivity index (χ0) is 18.4. The number of para-hydroxylation sites is 2. The van der Waals surface area contributed by atoms with Crippen LogP contribution in [-0.4, -0.2) is 16.9 Å². The van der Waals surface area contributed by atoms with Gasteiger partial charge in [-0.1, -0.05) is 48.5 Å². The normalized spacial score (nSPS) is 9.96. The fourth-order valence-electron chi connectivity index (χ4n) is 2.56. The van der Waals surface area contributed by atoms with Crippen molar-refractivity contribution in [2.75, 3.05) is 10.6 Å². The number of phenols is 1. The Labute approximate surface area is 182 Å². The van der Waals surface area contributed by atoms with Gasteiger partial charge < -0.3 is 15.7 Å². The van der Waals surface area contributed by atoms with Crippen LogP contribution in [0.25, 0.3) is 0 Å². The number of carbonyl (C=O) groups excluding carboxylic acids is 2. The van der Waals surface area contributed by atoms with Gasteiger partial charge in [0, 0.05) is 44.1 Å². The Kier molecular flexibility index (Phi) is 7.71. The number of nitrogens with one attached hydrogen (secondary N) is 2. The maximum Gasteiger partial charge on any atom is 0.241 e. The number of hydrogen-bond acceptors (Lipinski definition) is 3. The molecule has 1 radical (unpaired) electrons. The van der Waals surface area contributed by atoms with Crippen LogP contribution >= 0.6 is 0 Å². The summed E-state index contributed by atoms with van der Waals surface area (Å²) in [6.45, 7) is 0. The van der Waals surface area contributed by atoms with Crippen LogP contribution in [0.1, 0.15) is 11.5 Å². The van der Waals surface area contributed by atoms with Crippen LogP contribution in [0, 0.1) is 0 Å². The molecule has 0 saturated carbocycles. The van der Waals surface area contributed by atoms with Crippen molar-refractivity contribution < 1.29 is 47.4 Å². The smallest absolute Gasteiger partial charge is 0.241 e. The van der Waals surface area contributed by atoms with Crippen LogP contribution in [0.2, 0.25) is 0 Å². The SMILES string of the molecule is O=C(Nc1ccccc1)C(C(=O)Nc1ccccc1)c1ccc(O)cc1.[Y]. The second kappa shape index (κ2) is 10.00. The fraction of sp³-hybridized carbons (Fsp3) is 0.0476. The number of hydrogen-bond donors (Lipinski definition) is 3. The Bertz CT molecular complexity index is 831. The maximum atomic E-state index is 12.8. The van der Waals surface area contributed by atoms with E-state index in [2.05, 4.69) is 10.6 Å². The van der Waals surface area contributed by atoms with Gasteiger partial charge in [-0.3, -0.25) is 9.59 Å². The van der Waals surface area contributed by atoms with Crippen molar-refractivity contribution in [1.82, 2.24) is 0 Å². The van der Waals surface area contributed by atoms with Gasteiger partial charge in [-0.05, 0) is 42.0 Å². The number of amides is 2. The molecule has 3 aromatic rings. The predicted molar refractivity (Wildman–Crippen MR) is 101 cm³/mol. The molecule has 0 fully saturated rings. The Balaban J connectivity index is 0.00000261. The molecule has 133 valence electrons. The maximum absolute atomic E-state index is 12.8. The van der Waals surface area contributed by atoms with E-state index in [1.54, 1.807) is 60.7 Å². The summed E-state index contributed by atoms with van der Waals surface area (Å²) in [6, 6.07) is 23.9. The third-order valence-corrected chi connectivity index (χ3v) is 3.83. The van der Waals surface area contributed by atoms with E-state index in [1.165, 1.54) is 12.1 Å². The molecule has 0 aliphatic carbocycles. The van der Waals surface area contributed by atoms with E-state index in [0.29, 0.717) is 16.9 Å². The third-order valence-electron chi connectivity index (χ3n) is 3.83. The molecule has 0 aliphatic rings. The fourth-order valence-corrected chi connectivity index (χ4v) is 2.56. The number of benzene rings is 3. The van der Waals surface area contributed by atoms with Crippen molar-refractivity contribution in [3.8, 4) is 5.75 Å². The number of carbonyl (C=O) groups is 2. The summed E-state index contributed by atoms with van der Waals surface area (Å²) in [6.07, 6.45) is 0. The van der Waals surface area contributed by atoms with E-state index in [9.17, 15) is 14.7 Å². The largest absolute Gasteiger partial charge is 0.508 e. The van der Waals surface area contributed by atoms with Gasteiger partial charge in [-0.25, -0.2) is 0 Å². The summed E-state index contributed by atoms with van der Waals surface area (Å²) in [4.78, 5) is 25.6. The molecule has 3 aromatic carbocycles. The van der Waals surface area contributed by atoms with E-state index in [0.717, 1.165) is 0 Å². The zero-order valence-electron chi connectivity index (χ0n) is 14.5. The first-order valence-corrected chi connectivity index (χ1v) is 8.14. The molecule has 0 heterocycles. The second-order valence-corrected chi connectivity index (χ2v) is 5.74. The minimum atomic E-state index is -1.06. The van der Waals surface area contributed by atoms with Gasteiger partial charge in [0.2, 0.25) is 11.8 Å². The van der Waals surface area contributed by atoms with Gasteiger partial charge in [-0.2, -0.15) is 0 Å². The Morgan fingerprint density at radius 2 is 1.07 bits per heavy atom. The van der Waals surface area contributed by atoms with E-state index in [4.69, 9.17) is 0 Å². The first kappa shape index (κ1) is 20.8. The van der Waals surface area contributed by atoms with Crippen molar-refractivity contribution in [2.24, 2.45) is 0 Å². The molecule has 5 nitrogen and oxygen atoms in total. The summed E-state index contributed by atoms with van der Waals surface area (Å²) in [5.41, 5.74) is 1.70. The van der Waals surface area contributed by atoms with Gasteiger partial charge >= 0.3 is 0 Å². The molecule has 27 heavy (non-hydrogen) atoms. The molecule has 3 N–H and O–H groups in total. The average molecular weight is 435 g/mol. The minimum absolute atomic E-state index is 0. The summed E-state index contributed by atoms with van der Waals surface area (Å²) >= 11 is 0. The molecular weight excluding hydrogens is 417 g/mol. The first-order valence-electron chi connectivity index (χ1n) is 8.14. The van der Waals surface area contributed by atoms with Gasteiger partial charge in [0.25, 0.3) is 0 Å². The molecular formula is C21H18N2O3Y. The molecule has 3 rings (SSSR count). The van der Waals surface area contributed by atoms with Gasteiger partial charge in [0.05, 0.1) is 0 Å². The third kappa shape index (κ3) is 5.74. The molecule has 0 aromatic heterocycles. The minimum Gasteiger partial charge on any atom is -0.508 e. The van der Waals surface area contributed by atoms with Crippen molar-refractivity contribution in [1.29, 1.82) is 0 Å². The zero-order valence-corrected chi connectivity index (χ0v) is 17.3. The summed E-state index contributed by atoms with van der Waals surface area (Å²) in [7, 11) is 0. The van der Waals surface area contributed by atoms with Crippen LogP contribution in [0.4, 0.5) is 11.4 Å². The van der Waals surface area contributed by atoms with Crippen molar-refractivity contribution in [3.05, 3.63) is 90.5 Å². The molecule has 6 heteroatoms. The standard InChI is InChI=1S/C21H18N2O3.Y/c24-18-13-11-15(12-14-18)19(20(25)22-16-7-3-1-4-8-16)21(26)23-17-9-5-2-6-10-17;/h1-14,19,24H,(H,22,25)(H,23,26);. The summed E-state index contributed by atoms with van der Waals surface area (Å²) < 4.78 is 0. The van der Waals surface area contributed by atoms with Gasteiger partial charge in [0.1, 0.15) is 11.7 Å². The van der Waals surface area contributed by atoms with Crippen molar-refractivity contribution >= 4 is 23.2 Å². The monoisotopic (exact) mass is 435 g/mol. The number of aromatic hydroxyl groups is 1. The molecule has 0 spiro atoms. The van der Waals surface area contributed by atoms with E-state index in [-0.39, 0.29) is 38.5 Å². The van der Waals surface area contributed by atoms with Crippen LogP contribution in [0.15, 0.2) is 84.9 Å². The van der Waals surface area contributed by atoms with Crippen LogP contribution in [-0.2, 0) is 42.3 Å². The molecule has 0 unspecified atom stereocenters. The molecule has 0 aliphatic heterocycles. The molecule has 0 bridgehead atoms. The molecule has 2 amide bonds. The summed E-state index contributed by atoms with van der Waals surface area (Å²) in [5, 5.41) is 15.0. The van der Waals surface area contributed by atoms with E-state index >= 15 is 0 Å². The van der Waals surface area contributed by atoms with Crippen molar-refractivity contribution in [3.63, 3.8) is 0 Å². The number of rotatable bonds is 5. The average Bonchev–Trinajstić information content (AvgIpc) is 2.65. The van der Waals surface area contributed by atoms with Crippen LogP contribution in [0.3, 0.4) is 0 Å². The predicted octanol–water partition coefficient (Wildman–Crippen LogP) is 3.75. The van der Waals surface area contributed by atoms with Crippen molar-refractivity contribution in [2.45, 2.75) is 5.92 Å². The van der Waals surface area contributed by atoms with Crippen LogP contribution < -0.4 is 10.6 Å². The topological polar surface area (TPSA) is 78.4 Å². The second-order valence-electron chi connectivity index (χ2n) is 5.74. The van der Waals surface area contributed by atoms with E-state index in [1.807, 2.05) is 12.1 Å². The number of anilines is 2.